The molecule has 5 nitrogen and oxygen atoms in total. The Labute approximate surface area is 104 Å². The van der Waals surface area contributed by atoms with Crippen LogP contribution in [0.1, 0.15) is 20.8 Å². The fraction of sp³-hybridized carbons (Fsp3) is 0.308. The highest BCUT2D eigenvalue weighted by Gasteiger charge is 2.17. The normalized spacial score (nSPS) is 11.5. The van der Waals surface area contributed by atoms with Crippen LogP contribution >= 0.6 is 0 Å². The highest BCUT2D eigenvalue weighted by molar-refractivity contribution is 5.92. The molecule has 0 aliphatic carbocycles. The Hall–Kier alpha value is -2.17. The first kappa shape index (κ1) is 12.3. The van der Waals surface area contributed by atoms with Crippen LogP contribution in [0.5, 0.6) is 5.75 Å². The standard InChI is InChI=1S/C13H15NO4/c1-13(2,3)18-12(16)14-8-6-10(15)9-4-5-17-11(9)7-8/h4-7,15H,1-3H3,(H,14,16). The molecule has 0 aliphatic rings. The van der Waals surface area contributed by atoms with Gasteiger partial charge in [0, 0.05) is 12.1 Å². The summed E-state index contributed by atoms with van der Waals surface area (Å²) < 4.78 is 10.3. The molecule has 0 unspecified atom stereocenters. The number of furan rings is 1. The molecule has 0 saturated carbocycles. The average Bonchev–Trinajstić information content (AvgIpc) is 2.62. The van der Waals surface area contributed by atoms with E-state index in [1.807, 2.05) is 0 Å². The van der Waals surface area contributed by atoms with E-state index in [2.05, 4.69) is 5.32 Å². The zero-order valence-corrected chi connectivity index (χ0v) is 10.5. The third-order valence-corrected chi connectivity index (χ3v) is 2.20. The van der Waals surface area contributed by atoms with Crippen LogP contribution in [0.25, 0.3) is 11.0 Å². The summed E-state index contributed by atoms with van der Waals surface area (Å²) in [6, 6.07) is 4.72. The Bertz CT molecular complexity index is 580. The smallest absolute Gasteiger partial charge is 0.412 e. The van der Waals surface area contributed by atoms with Gasteiger partial charge in [0.25, 0.3) is 0 Å². The Morgan fingerprint density at radius 3 is 2.78 bits per heavy atom. The van der Waals surface area contributed by atoms with Crippen LogP contribution < -0.4 is 5.32 Å². The Balaban J connectivity index is 2.19. The Morgan fingerprint density at radius 2 is 2.11 bits per heavy atom. The molecule has 2 rings (SSSR count). The number of hydrogen-bond acceptors (Lipinski definition) is 4. The van der Waals surface area contributed by atoms with Crippen molar-refractivity contribution in [1.29, 1.82) is 0 Å². The molecule has 0 spiro atoms. The van der Waals surface area contributed by atoms with Crippen molar-refractivity contribution in [2.24, 2.45) is 0 Å². The van der Waals surface area contributed by atoms with Crippen molar-refractivity contribution in [2.45, 2.75) is 26.4 Å². The average molecular weight is 249 g/mol. The topological polar surface area (TPSA) is 71.7 Å². The summed E-state index contributed by atoms with van der Waals surface area (Å²) >= 11 is 0. The molecule has 0 bridgehead atoms. The van der Waals surface area contributed by atoms with Gasteiger partial charge in [-0.2, -0.15) is 0 Å². The first-order valence-corrected chi connectivity index (χ1v) is 5.55. The minimum atomic E-state index is -0.576. The van der Waals surface area contributed by atoms with Crippen molar-refractivity contribution in [3.63, 3.8) is 0 Å². The number of anilines is 1. The van der Waals surface area contributed by atoms with Gasteiger partial charge in [0.2, 0.25) is 0 Å². The van der Waals surface area contributed by atoms with Gasteiger partial charge in [-0.3, -0.25) is 5.32 Å². The number of benzene rings is 1. The molecular formula is C13H15NO4. The summed E-state index contributed by atoms with van der Waals surface area (Å²) in [6.45, 7) is 5.33. The lowest BCUT2D eigenvalue weighted by molar-refractivity contribution is 0.0636. The third-order valence-electron chi connectivity index (χ3n) is 2.20. The highest BCUT2D eigenvalue weighted by Crippen LogP contribution is 2.29. The molecule has 0 radical (unpaired) electrons. The van der Waals surface area contributed by atoms with Crippen LogP contribution in [0.3, 0.4) is 0 Å². The molecule has 96 valence electrons. The Kier molecular flexibility index (Phi) is 2.90. The van der Waals surface area contributed by atoms with Crippen LogP contribution in [-0.4, -0.2) is 16.8 Å². The van der Waals surface area contributed by atoms with Crippen molar-refractivity contribution in [2.75, 3.05) is 5.32 Å². The van der Waals surface area contributed by atoms with Gasteiger partial charge in [-0.1, -0.05) is 0 Å². The first-order valence-electron chi connectivity index (χ1n) is 5.55. The van der Waals surface area contributed by atoms with Gasteiger partial charge in [-0.15, -0.1) is 0 Å². The number of amides is 1. The number of aromatic hydroxyl groups is 1. The van der Waals surface area contributed by atoms with Gasteiger partial charge in [0.15, 0.2) is 0 Å². The predicted octanol–water partition coefficient (Wildman–Crippen LogP) is 3.49. The number of phenolic OH excluding ortho intramolecular Hbond substituents is 1. The molecule has 1 amide bonds. The molecular weight excluding hydrogens is 234 g/mol. The van der Waals surface area contributed by atoms with Crippen molar-refractivity contribution < 1.29 is 19.1 Å². The van der Waals surface area contributed by atoms with Crippen LogP contribution in [0.15, 0.2) is 28.9 Å². The van der Waals surface area contributed by atoms with Gasteiger partial charge in [0.1, 0.15) is 16.9 Å². The largest absolute Gasteiger partial charge is 0.507 e. The molecule has 0 atom stereocenters. The number of phenols is 1. The van der Waals surface area contributed by atoms with E-state index in [1.165, 1.54) is 12.3 Å². The van der Waals surface area contributed by atoms with E-state index in [9.17, 15) is 9.90 Å². The molecule has 0 fully saturated rings. The van der Waals surface area contributed by atoms with Gasteiger partial charge in [-0.05, 0) is 26.8 Å². The maximum Gasteiger partial charge on any atom is 0.412 e. The van der Waals surface area contributed by atoms with E-state index < -0.39 is 11.7 Å². The van der Waals surface area contributed by atoms with Crippen LogP contribution in [0.2, 0.25) is 0 Å². The Morgan fingerprint density at radius 1 is 1.39 bits per heavy atom. The quantitative estimate of drug-likeness (QED) is 0.811. The molecule has 0 aliphatic heterocycles. The summed E-state index contributed by atoms with van der Waals surface area (Å²) in [5, 5.41) is 12.9. The van der Waals surface area contributed by atoms with E-state index in [4.69, 9.17) is 9.15 Å². The fourth-order valence-corrected chi connectivity index (χ4v) is 1.55. The van der Waals surface area contributed by atoms with Gasteiger partial charge in [-0.25, -0.2) is 4.79 Å². The lowest BCUT2D eigenvalue weighted by atomic mass is 10.2. The van der Waals surface area contributed by atoms with E-state index in [0.717, 1.165) is 0 Å². The van der Waals surface area contributed by atoms with E-state index in [-0.39, 0.29) is 5.75 Å². The summed E-state index contributed by atoms with van der Waals surface area (Å²) in [7, 11) is 0. The molecule has 5 heteroatoms. The second kappa shape index (κ2) is 4.25. The molecule has 2 N–H and O–H groups in total. The van der Waals surface area contributed by atoms with Crippen molar-refractivity contribution >= 4 is 22.7 Å². The number of ether oxygens (including phenoxy) is 1. The van der Waals surface area contributed by atoms with Gasteiger partial charge < -0.3 is 14.3 Å². The second-order valence-electron chi connectivity index (χ2n) is 4.95. The summed E-state index contributed by atoms with van der Waals surface area (Å²) in [5.74, 6) is 0.0484. The van der Waals surface area contributed by atoms with Crippen LogP contribution in [0, 0.1) is 0 Å². The number of hydrogen-bond donors (Lipinski definition) is 2. The second-order valence-corrected chi connectivity index (χ2v) is 4.95. The van der Waals surface area contributed by atoms with Crippen molar-refractivity contribution in [3.05, 3.63) is 24.5 Å². The van der Waals surface area contributed by atoms with Crippen LogP contribution in [0.4, 0.5) is 10.5 Å². The van der Waals surface area contributed by atoms with Gasteiger partial charge >= 0.3 is 6.09 Å². The van der Waals surface area contributed by atoms with Crippen LogP contribution in [-0.2, 0) is 4.74 Å². The summed E-state index contributed by atoms with van der Waals surface area (Å²) in [5.41, 5.74) is 0.353. The maximum atomic E-state index is 11.6. The minimum absolute atomic E-state index is 0.0484. The summed E-state index contributed by atoms with van der Waals surface area (Å²) in [6.07, 6.45) is 0.898. The number of carbonyl (C=O) groups excluding carboxylic acids is 1. The number of carbonyl (C=O) groups is 1. The zero-order chi connectivity index (χ0) is 13.3. The molecule has 1 heterocycles. The fourth-order valence-electron chi connectivity index (χ4n) is 1.55. The maximum absolute atomic E-state index is 11.6. The number of rotatable bonds is 1. The zero-order valence-electron chi connectivity index (χ0n) is 10.5. The molecule has 2 aromatic rings. The van der Waals surface area contributed by atoms with Gasteiger partial charge in [0.05, 0.1) is 17.3 Å². The van der Waals surface area contributed by atoms with E-state index in [0.29, 0.717) is 16.7 Å². The highest BCUT2D eigenvalue weighted by atomic mass is 16.6. The van der Waals surface area contributed by atoms with Crippen molar-refractivity contribution in [3.8, 4) is 5.75 Å². The monoisotopic (exact) mass is 249 g/mol. The van der Waals surface area contributed by atoms with Crippen molar-refractivity contribution in [1.82, 2.24) is 0 Å². The van der Waals surface area contributed by atoms with E-state index >= 15 is 0 Å². The molecule has 0 saturated heterocycles. The lowest BCUT2D eigenvalue weighted by Gasteiger charge is -2.19. The third kappa shape index (κ3) is 2.74. The molecule has 1 aromatic carbocycles. The summed E-state index contributed by atoms with van der Waals surface area (Å²) in [4.78, 5) is 11.6. The molecule has 18 heavy (non-hydrogen) atoms. The molecule has 1 aromatic heterocycles. The van der Waals surface area contributed by atoms with E-state index in [1.54, 1.807) is 32.9 Å². The number of fused-ring (bicyclic) bond motifs is 1. The first-order chi connectivity index (χ1) is 8.35. The lowest BCUT2D eigenvalue weighted by Crippen LogP contribution is -2.27. The number of nitrogens with one attached hydrogen (secondary N) is 1. The minimum Gasteiger partial charge on any atom is -0.507 e. The SMILES string of the molecule is CC(C)(C)OC(=O)Nc1cc(O)c2ccoc2c1. The predicted molar refractivity (Wildman–Crippen MR) is 67.7 cm³/mol.